The molecule has 0 unspecified atom stereocenters. The fraction of sp³-hybridized carbons (Fsp3) is 0.353. The number of rotatable bonds is 6. The van der Waals surface area contributed by atoms with Crippen LogP contribution in [0.1, 0.15) is 25.0 Å². The van der Waals surface area contributed by atoms with E-state index in [2.05, 4.69) is 24.1 Å². The van der Waals surface area contributed by atoms with Crippen LogP contribution in [0.2, 0.25) is 0 Å². The number of aryl methyl sites for hydroxylation is 1. The molecule has 0 spiro atoms. The van der Waals surface area contributed by atoms with Crippen LogP contribution < -0.4 is 10.1 Å². The maximum atomic E-state index is 6.00. The molecule has 20 heavy (non-hydrogen) atoms. The fourth-order valence-corrected chi connectivity index (χ4v) is 1.93. The summed E-state index contributed by atoms with van der Waals surface area (Å²) in [4.78, 5) is 4.16. The first-order chi connectivity index (χ1) is 9.66. The Kier molecular flexibility index (Phi) is 5.13. The van der Waals surface area contributed by atoms with E-state index in [1.165, 1.54) is 0 Å². The minimum absolute atomic E-state index is 0.637. The number of para-hydroxylation sites is 1. The first kappa shape index (κ1) is 14.5. The fourth-order valence-electron chi connectivity index (χ4n) is 1.93. The van der Waals surface area contributed by atoms with Crippen LogP contribution in [-0.2, 0) is 6.54 Å². The van der Waals surface area contributed by atoms with Crippen molar-refractivity contribution in [2.24, 2.45) is 5.92 Å². The summed E-state index contributed by atoms with van der Waals surface area (Å²) in [7, 11) is 0. The molecule has 0 bridgehead atoms. The minimum Gasteiger partial charge on any atom is -0.455 e. The predicted octanol–water partition coefficient (Wildman–Crippen LogP) is 3.93. The molecule has 3 heteroatoms. The van der Waals surface area contributed by atoms with E-state index >= 15 is 0 Å². The Morgan fingerprint density at radius 1 is 1.15 bits per heavy atom. The van der Waals surface area contributed by atoms with Crippen LogP contribution >= 0.6 is 0 Å². The van der Waals surface area contributed by atoms with E-state index in [0.29, 0.717) is 5.92 Å². The summed E-state index contributed by atoms with van der Waals surface area (Å²) < 4.78 is 6.00. The molecule has 1 heterocycles. The molecule has 0 saturated heterocycles. The Hall–Kier alpha value is -1.87. The van der Waals surface area contributed by atoms with E-state index in [1.807, 2.05) is 37.3 Å². The summed E-state index contributed by atoms with van der Waals surface area (Å²) in [6.07, 6.45) is 3.58. The second kappa shape index (κ2) is 7.06. The highest BCUT2D eigenvalue weighted by Crippen LogP contribution is 2.26. The summed E-state index contributed by atoms with van der Waals surface area (Å²) in [5.74, 6) is 2.33. The van der Waals surface area contributed by atoms with Crippen LogP contribution in [0.5, 0.6) is 11.5 Å². The SMILES string of the molecule is Cc1ccccc1Oc1cnccc1CNCC(C)C. The molecule has 0 aliphatic heterocycles. The van der Waals surface area contributed by atoms with Gasteiger partial charge in [0.05, 0.1) is 6.20 Å². The van der Waals surface area contributed by atoms with Crippen LogP contribution in [0.25, 0.3) is 0 Å². The zero-order valence-corrected chi connectivity index (χ0v) is 12.4. The first-order valence-electron chi connectivity index (χ1n) is 7.04. The molecule has 2 aromatic rings. The van der Waals surface area contributed by atoms with Gasteiger partial charge in [-0.25, -0.2) is 0 Å². The van der Waals surface area contributed by atoms with Crippen molar-refractivity contribution >= 4 is 0 Å². The molecular weight excluding hydrogens is 248 g/mol. The van der Waals surface area contributed by atoms with Crippen molar-refractivity contribution in [3.63, 3.8) is 0 Å². The van der Waals surface area contributed by atoms with E-state index < -0.39 is 0 Å². The second-order valence-corrected chi connectivity index (χ2v) is 5.38. The third kappa shape index (κ3) is 4.07. The van der Waals surface area contributed by atoms with E-state index in [4.69, 9.17) is 4.74 Å². The van der Waals surface area contributed by atoms with Crippen LogP contribution in [0.4, 0.5) is 0 Å². The largest absolute Gasteiger partial charge is 0.455 e. The Labute approximate surface area is 121 Å². The zero-order chi connectivity index (χ0) is 14.4. The average Bonchev–Trinajstić information content (AvgIpc) is 2.43. The number of ether oxygens (including phenoxy) is 1. The Bertz CT molecular complexity index is 552. The summed E-state index contributed by atoms with van der Waals surface area (Å²) in [6, 6.07) is 10.0. The molecule has 0 radical (unpaired) electrons. The maximum absolute atomic E-state index is 6.00. The molecule has 0 amide bonds. The van der Waals surface area contributed by atoms with Crippen molar-refractivity contribution in [1.82, 2.24) is 10.3 Å². The maximum Gasteiger partial charge on any atom is 0.150 e. The van der Waals surface area contributed by atoms with Gasteiger partial charge in [0.25, 0.3) is 0 Å². The number of nitrogens with one attached hydrogen (secondary N) is 1. The van der Waals surface area contributed by atoms with E-state index in [0.717, 1.165) is 35.7 Å². The minimum atomic E-state index is 0.637. The van der Waals surface area contributed by atoms with Crippen molar-refractivity contribution in [1.29, 1.82) is 0 Å². The zero-order valence-electron chi connectivity index (χ0n) is 12.4. The normalized spacial score (nSPS) is 10.8. The molecule has 2 rings (SSSR count). The number of pyridine rings is 1. The molecule has 1 N–H and O–H groups in total. The monoisotopic (exact) mass is 270 g/mol. The highest BCUT2D eigenvalue weighted by atomic mass is 16.5. The molecule has 0 atom stereocenters. The van der Waals surface area contributed by atoms with E-state index in [9.17, 15) is 0 Å². The molecule has 0 aliphatic carbocycles. The molecule has 3 nitrogen and oxygen atoms in total. The highest BCUT2D eigenvalue weighted by Gasteiger charge is 2.06. The number of nitrogens with zero attached hydrogens (tertiary/aromatic N) is 1. The van der Waals surface area contributed by atoms with Gasteiger partial charge in [0.15, 0.2) is 0 Å². The van der Waals surface area contributed by atoms with Crippen LogP contribution in [0, 0.1) is 12.8 Å². The van der Waals surface area contributed by atoms with Gasteiger partial charge in [-0.05, 0) is 37.1 Å². The topological polar surface area (TPSA) is 34.1 Å². The lowest BCUT2D eigenvalue weighted by Crippen LogP contribution is -2.19. The van der Waals surface area contributed by atoms with Gasteiger partial charge in [0.1, 0.15) is 11.5 Å². The molecule has 0 aliphatic rings. The van der Waals surface area contributed by atoms with Crippen molar-refractivity contribution < 1.29 is 4.74 Å². The van der Waals surface area contributed by atoms with Gasteiger partial charge in [-0.2, -0.15) is 0 Å². The summed E-state index contributed by atoms with van der Waals surface area (Å²) in [5, 5.41) is 3.43. The molecular formula is C17H22N2O. The number of hydrogen-bond acceptors (Lipinski definition) is 3. The third-order valence-electron chi connectivity index (χ3n) is 3.05. The first-order valence-corrected chi connectivity index (χ1v) is 7.04. The van der Waals surface area contributed by atoms with Gasteiger partial charge < -0.3 is 10.1 Å². The lowest BCUT2D eigenvalue weighted by Gasteiger charge is -2.13. The van der Waals surface area contributed by atoms with Crippen molar-refractivity contribution in [2.75, 3.05) is 6.54 Å². The summed E-state index contributed by atoms with van der Waals surface area (Å²) in [6.45, 7) is 8.23. The number of hydrogen-bond donors (Lipinski definition) is 1. The summed E-state index contributed by atoms with van der Waals surface area (Å²) >= 11 is 0. The average molecular weight is 270 g/mol. The lowest BCUT2D eigenvalue weighted by molar-refractivity contribution is 0.463. The quantitative estimate of drug-likeness (QED) is 0.863. The second-order valence-electron chi connectivity index (χ2n) is 5.38. The van der Waals surface area contributed by atoms with Gasteiger partial charge >= 0.3 is 0 Å². The lowest BCUT2D eigenvalue weighted by atomic mass is 10.2. The smallest absolute Gasteiger partial charge is 0.150 e. The number of aromatic nitrogens is 1. The van der Waals surface area contributed by atoms with Crippen LogP contribution in [0.3, 0.4) is 0 Å². The van der Waals surface area contributed by atoms with Gasteiger partial charge in [0.2, 0.25) is 0 Å². The number of benzene rings is 1. The van der Waals surface area contributed by atoms with Gasteiger partial charge in [0, 0.05) is 18.3 Å². The molecule has 1 aromatic carbocycles. The van der Waals surface area contributed by atoms with Crippen molar-refractivity contribution in [2.45, 2.75) is 27.3 Å². The molecule has 0 saturated carbocycles. The van der Waals surface area contributed by atoms with E-state index in [-0.39, 0.29) is 0 Å². The Balaban J connectivity index is 2.10. The van der Waals surface area contributed by atoms with Crippen LogP contribution in [0.15, 0.2) is 42.7 Å². The van der Waals surface area contributed by atoms with Gasteiger partial charge in [-0.3, -0.25) is 4.98 Å². The third-order valence-corrected chi connectivity index (χ3v) is 3.05. The molecule has 1 aromatic heterocycles. The van der Waals surface area contributed by atoms with Crippen molar-refractivity contribution in [3.8, 4) is 11.5 Å². The Morgan fingerprint density at radius 2 is 1.95 bits per heavy atom. The molecule has 0 fully saturated rings. The molecule has 106 valence electrons. The van der Waals surface area contributed by atoms with Crippen LogP contribution in [-0.4, -0.2) is 11.5 Å². The van der Waals surface area contributed by atoms with Gasteiger partial charge in [-0.1, -0.05) is 32.0 Å². The van der Waals surface area contributed by atoms with Crippen molar-refractivity contribution in [3.05, 3.63) is 53.9 Å². The standard InChI is InChI=1S/C17H22N2O/c1-13(2)10-19-11-15-8-9-18-12-17(15)20-16-7-5-4-6-14(16)3/h4-9,12-13,19H,10-11H2,1-3H3. The highest BCUT2D eigenvalue weighted by molar-refractivity contribution is 5.39. The van der Waals surface area contributed by atoms with Gasteiger partial charge in [-0.15, -0.1) is 0 Å². The predicted molar refractivity (Wildman–Crippen MR) is 82.0 cm³/mol. The van der Waals surface area contributed by atoms with E-state index in [1.54, 1.807) is 12.4 Å². The Morgan fingerprint density at radius 3 is 2.70 bits per heavy atom. The summed E-state index contributed by atoms with van der Waals surface area (Å²) in [5.41, 5.74) is 2.25.